The molecule has 0 amide bonds. The van der Waals surface area contributed by atoms with Crippen molar-refractivity contribution in [3.05, 3.63) is 35.4 Å². The zero-order valence-electron chi connectivity index (χ0n) is 26.6. The lowest BCUT2D eigenvalue weighted by Gasteiger charge is -2.38. The van der Waals surface area contributed by atoms with Crippen molar-refractivity contribution in [1.29, 1.82) is 0 Å². The van der Waals surface area contributed by atoms with Gasteiger partial charge in [-0.25, -0.2) is 17.6 Å². The van der Waals surface area contributed by atoms with Crippen LogP contribution in [0, 0.1) is 5.82 Å². The molecule has 0 saturated carbocycles. The molecule has 13 heteroatoms. The molecule has 0 unspecified atom stereocenters. The molecule has 2 N–H and O–H groups in total. The number of alkyl halides is 3. The third kappa shape index (κ3) is 5.03. The van der Waals surface area contributed by atoms with Gasteiger partial charge in [0.2, 0.25) is 0 Å². The number of aromatic amines is 1. The van der Waals surface area contributed by atoms with Gasteiger partial charge in [-0.05, 0) is 69.2 Å². The van der Waals surface area contributed by atoms with Gasteiger partial charge in [-0.1, -0.05) is 6.92 Å². The first-order valence-electron chi connectivity index (χ1n) is 16.7. The summed E-state index contributed by atoms with van der Waals surface area (Å²) < 4.78 is 68.6. The Bertz CT molecular complexity index is 1870. The summed E-state index contributed by atoms with van der Waals surface area (Å²) in [4.78, 5) is 17.9. The molecular formula is C34H39F4N7O2. The van der Waals surface area contributed by atoms with Crippen molar-refractivity contribution < 1.29 is 27.4 Å². The summed E-state index contributed by atoms with van der Waals surface area (Å²) >= 11 is 0. The van der Waals surface area contributed by atoms with E-state index in [1.165, 1.54) is 12.4 Å². The van der Waals surface area contributed by atoms with Gasteiger partial charge < -0.3 is 14.7 Å². The Hall–Kier alpha value is -3.58. The highest BCUT2D eigenvalue weighted by Crippen LogP contribution is 2.51. The van der Waals surface area contributed by atoms with Crippen LogP contribution in [0.3, 0.4) is 0 Å². The van der Waals surface area contributed by atoms with Crippen LogP contribution < -0.4 is 9.64 Å². The van der Waals surface area contributed by atoms with Crippen molar-refractivity contribution in [2.45, 2.75) is 94.4 Å². The normalized spacial score (nSPS) is 29.0. The molecule has 3 fully saturated rings. The van der Waals surface area contributed by atoms with E-state index < -0.39 is 35.0 Å². The van der Waals surface area contributed by atoms with Crippen molar-refractivity contribution in [2.75, 3.05) is 37.7 Å². The predicted molar refractivity (Wildman–Crippen MR) is 169 cm³/mol. The van der Waals surface area contributed by atoms with E-state index in [0.717, 1.165) is 24.9 Å². The Labute approximate surface area is 269 Å². The van der Waals surface area contributed by atoms with Crippen LogP contribution in [0.25, 0.3) is 33.1 Å². The second-order valence-electron chi connectivity index (χ2n) is 14.3. The fourth-order valence-corrected chi connectivity index (χ4v) is 8.76. The Morgan fingerprint density at radius 1 is 1.11 bits per heavy atom. The molecule has 250 valence electrons. The standard InChI is InChI=1S/C34H39F4N7O2/c1-3-23-25-19(6-9-34(23,37)38)12-24-21(15-40-43-24)26(25)29-27(36)28-22(14-39-29)30(44-10-4-7-32(2,46)17-44)42-31(41-28)47-18-33-8-5-11-45(33)16-20(35)13-33/h12,14-15,20,23,46H,3-11,13,16-18H2,1-2H3,(H,40,43)/t20-,23+,32-,33+/m1/s1. The number of anilines is 1. The lowest BCUT2D eigenvalue weighted by Crippen LogP contribution is -2.46. The number of H-pyrrole nitrogens is 1. The maximum atomic E-state index is 17.1. The third-order valence-corrected chi connectivity index (χ3v) is 11.0. The first-order chi connectivity index (χ1) is 22.5. The number of hydrogen-bond acceptors (Lipinski definition) is 8. The average Bonchev–Trinajstić information content (AvgIpc) is 3.73. The van der Waals surface area contributed by atoms with Crippen LogP contribution in [0.15, 0.2) is 18.5 Å². The summed E-state index contributed by atoms with van der Waals surface area (Å²) in [7, 11) is 0. The Morgan fingerprint density at radius 2 is 1.94 bits per heavy atom. The number of benzene rings is 1. The largest absolute Gasteiger partial charge is 0.461 e. The number of β-amino-alcohol motifs (C(OH)–C–C–N with tert-alkyl or cyclic N) is 1. The molecule has 0 spiro atoms. The van der Waals surface area contributed by atoms with Crippen LogP contribution in [0.2, 0.25) is 0 Å². The highest BCUT2D eigenvalue weighted by atomic mass is 19.3. The molecule has 0 bridgehead atoms. The second kappa shape index (κ2) is 11.0. The number of nitrogens with one attached hydrogen (secondary N) is 1. The van der Waals surface area contributed by atoms with E-state index in [2.05, 4.69) is 25.1 Å². The van der Waals surface area contributed by atoms with Crippen LogP contribution in [0.5, 0.6) is 6.01 Å². The van der Waals surface area contributed by atoms with E-state index in [0.29, 0.717) is 65.6 Å². The summed E-state index contributed by atoms with van der Waals surface area (Å²) in [5.74, 6) is -4.48. The lowest BCUT2D eigenvalue weighted by atomic mass is 9.75. The van der Waals surface area contributed by atoms with E-state index in [9.17, 15) is 9.50 Å². The molecule has 8 rings (SSSR count). The number of pyridine rings is 1. The van der Waals surface area contributed by atoms with Crippen LogP contribution in [-0.2, 0) is 6.42 Å². The third-order valence-electron chi connectivity index (χ3n) is 11.0. The first kappa shape index (κ1) is 30.7. The van der Waals surface area contributed by atoms with Crippen molar-refractivity contribution >= 4 is 27.6 Å². The number of halogens is 4. The highest BCUT2D eigenvalue weighted by molar-refractivity contribution is 6.00. The Kier molecular flexibility index (Phi) is 7.18. The Morgan fingerprint density at radius 3 is 2.74 bits per heavy atom. The van der Waals surface area contributed by atoms with Gasteiger partial charge in [0.25, 0.3) is 5.92 Å². The lowest BCUT2D eigenvalue weighted by molar-refractivity contribution is -0.0423. The average molecular weight is 654 g/mol. The zero-order chi connectivity index (χ0) is 32.7. The van der Waals surface area contributed by atoms with E-state index in [1.54, 1.807) is 13.8 Å². The maximum Gasteiger partial charge on any atom is 0.319 e. The van der Waals surface area contributed by atoms with Gasteiger partial charge in [-0.2, -0.15) is 15.1 Å². The van der Waals surface area contributed by atoms with Crippen LogP contribution in [0.1, 0.15) is 75.8 Å². The molecule has 3 saturated heterocycles. The van der Waals surface area contributed by atoms with Gasteiger partial charge in [0.1, 0.15) is 29.8 Å². The Balaban J connectivity index is 1.30. The number of rotatable bonds is 6. The molecule has 47 heavy (non-hydrogen) atoms. The summed E-state index contributed by atoms with van der Waals surface area (Å²) in [6.45, 7) is 5.62. The molecule has 1 aromatic carbocycles. The molecular weight excluding hydrogens is 614 g/mol. The minimum absolute atomic E-state index is 0.0550. The van der Waals surface area contributed by atoms with Gasteiger partial charge in [0.05, 0.1) is 28.2 Å². The van der Waals surface area contributed by atoms with Crippen LogP contribution >= 0.6 is 0 Å². The molecule has 4 aliphatic rings. The van der Waals surface area contributed by atoms with Crippen molar-refractivity contribution in [1.82, 2.24) is 30.0 Å². The molecule has 4 aromatic rings. The SMILES string of the molecule is CC[C@H]1c2c(cc3[nH]ncc3c2-c2ncc3c(N4CCC[C@@](C)(O)C4)nc(OC[C@@]45CCCN4C[C@H](F)C5)nc3c2F)CCC1(F)F. The van der Waals surface area contributed by atoms with Crippen LogP contribution in [0.4, 0.5) is 23.4 Å². The number of ether oxygens (including phenoxy) is 1. The molecule has 6 heterocycles. The summed E-state index contributed by atoms with van der Waals surface area (Å²) in [6, 6.07) is 1.78. The fraction of sp³-hybridized carbons (Fsp3) is 0.588. The van der Waals surface area contributed by atoms with Crippen molar-refractivity contribution in [2.24, 2.45) is 0 Å². The summed E-state index contributed by atoms with van der Waals surface area (Å²) in [5.41, 5.74) is 0.431. The van der Waals surface area contributed by atoms with E-state index in [-0.39, 0.29) is 49.6 Å². The van der Waals surface area contributed by atoms with Gasteiger partial charge >= 0.3 is 6.01 Å². The van der Waals surface area contributed by atoms with Gasteiger partial charge in [0, 0.05) is 55.5 Å². The van der Waals surface area contributed by atoms with E-state index >= 15 is 13.2 Å². The predicted octanol–water partition coefficient (Wildman–Crippen LogP) is 6.09. The number of piperidine rings is 1. The second-order valence-corrected chi connectivity index (χ2v) is 14.3. The van der Waals surface area contributed by atoms with Crippen molar-refractivity contribution in [3.8, 4) is 17.3 Å². The molecule has 4 atom stereocenters. The molecule has 3 aliphatic heterocycles. The highest BCUT2D eigenvalue weighted by Gasteiger charge is 2.50. The van der Waals surface area contributed by atoms with Crippen molar-refractivity contribution in [3.63, 3.8) is 0 Å². The molecule has 1 aliphatic carbocycles. The topological polar surface area (TPSA) is 103 Å². The molecule has 9 nitrogen and oxygen atoms in total. The number of fused-ring (bicyclic) bond motifs is 4. The number of nitrogens with zero attached hydrogens (tertiary/aromatic N) is 6. The minimum Gasteiger partial charge on any atom is -0.461 e. The first-order valence-corrected chi connectivity index (χ1v) is 16.7. The zero-order valence-corrected chi connectivity index (χ0v) is 26.6. The number of aliphatic hydroxyl groups is 1. The van der Waals surface area contributed by atoms with Crippen LogP contribution in [-0.4, -0.2) is 91.2 Å². The monoisotopic (exact) mass is 653 g/mol. The summed E-state index contributed by atoms with van der Waals surface area (Å²) in [5, 5.41) is 18.9. The fourth-order valence-electron chi connectivity index (χ4n) is 8.76. The van der Waals surface area contributed by atoms with Gasteiger partial charge in [-0.15, -0.1) is 0 Å². The summed E-state index contributed by atoms with van der Waals surface area (Å²) in [6.07, 6.45) is 5.49. The van der Waals surface area contributed by atoms with Gasteiger partial charge in [-0.3, -0.25) is 15.0 Å². The van der Waals surface area contributed by atoms with E-state index in [4.69, 9.17) is 9.72 Å². The smallest absolute Gasteiger partial charge is 0.319 e. The minimum atomic E-state index is -2.96. The molecule has 3 aromatic heterocycles. The van der Waals surface area contributed by atoms with Gasteiger partial charge in [0.15, 0.2) is 5.82 Å². The molecule has 0 radical (unpaired) electrons. The number of hydrogen-bond donors (Lipinski definition) is 2. The maximum absolute atomic E-state index is 17.1. The number of aromatic nitrogens is 5. The number of aryl methyl sites for hydroxylation is 1. The quantitative estimate of drug-likeness (QED) is 0.241. The van der Waals surface area contributed by atoms with E-state index in [1.807, 2.05) is 11.0 Å².